The summed E-state index contributed by atoms with van der Waals surface area (Å²) < 4.78 is 7.23. The Kier molecular flexibility index (Phi) is 4.07. The maximum Gasteiger partial charge on any atom is 0.413 e. The number of carbonyl (C=O) groups is 1. The zero-order valence-electron chi connectivity index (χ0n) is 12.1. The molecule has 1 heterocycles. The fourth-order valence-electron chi connectivity index (χ4n) is 1.69. The van der Waals surface area contributed by atoms with Crippen LogP contribution in [0.15, 0.2) is 10.5 Å². The monoisotopic (exact) mass is 356 g/mol. The second-order valence-electron chi connectivity index (χ2n) is 5.63. The Hall–Kier alpha value is -1.14. The van der Waals surface area contributed by atoms with Crippen LogP contribution in [0.25, 0.3) is 10.2 Å². The highest BCUT2D eigenvalue weighted by Crippen LogP contribution is 2.35. The molecule has 0 unspecified atom stereocenters. The molecule has 1 aromatic heterocycles. The zero-order valence-corrected chi connectivity index (χ0v) is 14.5. The van der Waals surface area contributed by atoms with Crippen LogP contribution in [0.1, 0.15) is 31.9 Å². The molecule has 0 fully saturated rings. The number of nitrogens with one attached hydrogen (secondary N) is 1. The Labute approximate surface area is 130 Å². The number of hydrogen-bond donors (Lipinski definition) is 1. The van der Waals surface area contributed by atoms with Crippen LogP contribution in [-0.4, -0.2) is 16.7 Å². The first kappa shape index (κ1) is 15.3. The summed E-state index contributed by atoms with van der Waals surface area (Å²) >= 11 is 5.00. The van der Waals surface area contributed by atoms with Crippen molar-refractivity contribution in [3.05, 3.63) is 21.7 Å². The molecule has 2 rings (SSSR count). The molecule has 1 N–H and O–H groups in total. The molecular weight excluding hydrogens is 340 g/mol. The lowest BCUT2D eigenvalue weighted by atomic mass is 10.1. The molecule has 2 aromatic rings. The summed E-state index contributed by atoms with van der Waals surface area (Å²) in [7, 11) is 0. The Bertz CT molecular complexity index is 674. The summed E-state index contributed by atoms with van der Waals surface area (Å²) in [6.45, 7) is 9.58. The van der Waals surface area contributed by atoms with Gasteiger partial charge in [0.2, 0.25) is 0 Å². The first-order valence-corrected chi connectivity index (χ1v) is 7.84. The van der Waals surface area contributed by atoms with Gasteiger partial charge < -0.3 is 4.74 Å². The molecule has 0 bridgehead atoms. The fraction of sp³-hybridized carbons (Fsp3) is 0.429. The van der Waals surface area contributed by atoms with Crippen LogP contribution in [-0.2, 0) is 4.74 Å². The third-order valence-electron chi connectivity index (χ3n) is 2.74. The average molecular weight is 357 g/mol. The molecule has 0 aliphatic heterocycles. The first-order valence-electron chi connectivity index (χ1n) is 6.23. The predicted octanol–water partition coefficient (Wildman–Crippen LogP) is 5.02. The summed E-state index contributed by atoms with van der Waals surface area (Å²) in [5, 5.41) is 3.22. The number of rotatable bonds is 1. The number of ether oxygens (including phenoxy) is 1. The normalized spacial score (nSPS) is 11.7. The summed E-state index contributed by atoms with van der Waals surface area (Å²) in [4.78, 5) is 16.2. The van der Waals surface area contributed by atoms with Gasteiger partial charge in [-0.15, -0.1) is 0 Å². The van der Waals surface area contributed by atoms with E-state index in [0.717, 1.165) is 20.3 Å². The van der Waals surface area contributed by atoms with Gasteiger partial charge in [-0.25, -0.2) is 9.78 Å². The van der Waals surface area contributed by atoms with E-state index in [9.17, 15) is 4.79 Å². The number of anilines is 1. The number of fused-ring (bicyclic) bond motifs is 1. The molecule has 108 valence electrons. The van der Waals surface area contributed by atoms with Gasteiger partial charge in [0.25, 0.3) is 0 Å². The Morgan fingerprint density at radius 2 is 2.05 bits per heavy atom. The van der Waals surface area contributed by atoms with Gasteiger partial charge in [-0.1, -0.05) is 11.3 Å². The van der Waals surface area contributed by atoms with Crippen LogP contribution in [0.2, 0.25) is 0 Å². The van der Waals surface area contributed by atoms with Gasteiger partial charge in [0.1, 0.15) is 5.60 Å². The zero-order chi connectivity index (χ0) is 15.1. The summed E-state index contributed by atoms with van der Waals surface area (Å²) in [6, 6.07) is 2.08. The smallest absolute Gasteiger partial charge is 0.413 e. The molecule has 0 aliphatic carbocycles. The molecule has 1 aromatic carbocycles. The van der Waals surface area contributed by atoms with E-state index in [0.29, 0.717) is 5.13 Å². The summed E-state index contributed by atoms with van der Waals surface area (Å²) in [5.74, 6) is 0. The number of benzene rings is 1. The second kappa shape index (κ2) is 5.33. The molecule has 20 heavy (non-hydrogen) atoms. The number of carbonyl (C=O) groups excluding carboxylic acids is 1. The van der Waals surface area contributed by atoms with Crippen LogP contribution in [0, 0.1) is 13.8 Å². The molecule has 0 spiro atoms. The number of hydrogen-bond acceptors (Lipinski definition) is 4. The minimum absolute atomic E-state index is 0.485. The van der Waals surface area contributed by atoms with Crippen molar-refractivity contribution in [3.8, 4) is 0 Å². The Morgan fingerprint density at radius 3 is 2.65 bits per heavy atom. The average Bonchev–Trinajstić information content (AvgIpc) is 2.66. The van der Waals surface area contributed by atoms with Crippen LogP contribution < -0.4 is 5.32 Å². The van der Waals surface area contributed by atoms with Crippen molar-refractivity contribution in [1.82, 2.24) is 4.98 Å². The third-order valence-corrected chi connectivity index (χ3v) is 4.63. The molecule has 0 atom stereocenters. The van der Waals surface area contributed by atoms with Crippen molar-refractivity contribution in [2.45, 2.75) is 40.2 Å². The van der Waals surface area contributed by atoms with E-state index in [-0.39, 0.29) is 0 Å². The van der Waals surface area contributed by atoms with Gasteiger partial charge in [-0.3, -0.25) is 5.32 Å². The number of halogens is 1. The minimum Gasteiger partial charge on any atom is -0.444 e. The molecule has 0 radical (unpaired) electrons. The van der Waals surface area contributed by atoms with Crippen molar-refractivity contribution in [1.29, 1.82) is 0 Å². The van der Waals surface area contributed by atoms with E-state index in [1.54, 1.807) is 0 Å². The van der Waals surface area contributed by atoms with Crippen molar-refractivity contribution in [3.63, 3.8) is 0 Å². The maximum absolute atomic E-state index is 11.7. The van der Waals surface area contributed by atoms with E-state index in [1.165, 1.54) is 16.9 Å². The van der Waals surface area contributed by atoms with Gasteiger partial charge in [0.05, 0.1) is 10.2 Å². The Balaban J connectivity index is 2.29. The molecular formula is C14H17BrN2O2S. The summed E-state index contributed by atoms with van der Waals surface area (Å²) in [6.07, 6.45) is -0.485. The standard InChI is InChI=1S/C14H17BrN2O2S/c1-7-6-9-11(10(15)8(7)2)16-12(20-9)17-13(18)19-14(3,4)5/h6H,1-5H3,(H,16,17,18). The molecule has 0 saturated carbocycles. The van der Waals surface area contributed by atoms with Crippen LogP contribution >= 0.6 is 27.3 Å². The topological polar surface area (TPSA) is 51.2 Å². The summed E-state index contributed by atoms with van der Waals surface area (Å²) in [5.41, 5.74) is 2.70. The highest BCUT2D eigenvalue weighted by Gasteiger charge is 2.18. The third kappa shape index (κ3) is 3.30. The number of amides is 1. The van der Waals surface area contributed by atoms with Crippen molar-refractivity contribution in [2.75, 3.05) is 5.32 Å². The van der Waals surface area contributed by atoms with E-state index >= 15 is 0 Å². The first-order chi connectivity index (χ1) is 9.17. The van der Waals surface area contributed by atoms with Gasteiger partial charge in [-0.2, -0.15) is 0 Å². The quantitative estimate of drug-likeness (QED) is 0.779. The van der Waals surface area contributed by atoms with Crippen molar-refractivity contribution in [2.24, 2.45) is 0 Å². The highest BCUT2D eigenvalue weighted by molar-refractivity contribution is 9.10. The van der Waals surface area contributed by atoms with E-state index < -0.39 is 11.7 Å². The molecule has 1 amide bonds. The van der Waals surface area contributed by atoms with E-state index in [1.807, 2.05) is 27.7 Å². The van der Waals surface area contributed by atoms with Crippen LogP contribution in [0.4, 0.5) is 9.93 Å². The van der Waals surface area contributed by atoms with Gasteiger partial charge in [0.15, 0.2) is 5.13 Å². The SMILES string of the molecule is Cc1cc2sc(NC(=O)OC(C)(C)C)nc2c(Br)c1C. The minimum atomic E-state index is -0.519. The van der Waals surface area contributed by atoms with Crippen molar-refractivity contribution >= 4 is 48.7 Å². The number of aryl methyl sites for hydroxylation is 1. The largest absolute Gasteiger partial charge is 0.444 e. The van der Waals surface area contributed by atoms with Gasteiger partial charge >= 0.3 is 6.09 Å². The Morgan fingerprint density at radius 1 is 1.40 bits per heavy atom. The van der Waals surface area contributed by atoms with E-state index in [2.05, 4.69) is 39.2 Å². The van der Waals surface area contributed by atoms with Crippen LogP contribution in [0.5, 0.6) is 0 Å². The van der Waals surface area contributed by atoms with Gasteiger partial charge in [-0.05, 0) is 67.7 Å². The number of aromatic nitrogens is 1. The molecule has 0 aliphatic rings. The van der Waals surface area contributed by atoms with Gasteiger partial charge in [0, 0.05) is 4.47 Å². The molecule has 0 saturated heterocycles. The maximum atomic E-state index is 11.7. The lowest BCUT2D eigenvalue weighted by molar-refractivity contribution is 0.0636. The van der Waals surface area contributed by atoms with Crippen molar-refractivity contribution < 1.29 is 9.53 Å². The molecule has 6 heteroatoms. The highest BCUT2D eigenvalue weighted by atomic mass is 79.9. The molecule has 4 nitrogen and oxygen atoms in total. The second-order valence-corrected chi connectivity index (χ2v) is 7.45. The lowest BCUT2D eigenvalue weighted by Crippen LogP contribution is -2.27. The predicted molar refractivity (Wildman–Crippen MR) is 86.7 cm³/mol. The fourth-order valence-corrected chi connectivity index (χ4v) is 3.39. The lowest BCUT2D eigenvalue weighted by Gasteiger charge is -2.18. The number of thiazole rings is 1. The number of nitrogens with zero attached hydrogens (tertiary/aromatic N) is 1. The van der Waals surface area contributed by atoms with E-state index in [4.69, 9.17) is 4.74 Å². The van der Waals surface area contributed by atoms with Crippen LogP contribution in [0.3, 0.4) is 0 Å².